The molecular formula is C27H31O14+. The van der Waals surface area contributed by atoms with Crippen molar-refractivity contribution < 1.29 is 69.3 Å². The van der Waals surface area contributed by atoms with Crippen LogP contribution in [0.4, 0.5) is 0 Å². The topological polar surface area (TPSA) is 230 Å². The van der Waals surface area contributed by atoms with Crippen LogP contribution >= 0.6 is 0 Å². The van der Waals surface area contributed by atoms with Crippen molar-refractivity contribution in [3.05, 3.63) is 42.5 Å². The zero-order valence-electron chi connectivity index (χ0n) is 21.6. The van der Waals surface area contributed by atoms with Gasteiger partial charge in [0.1, 0.15) is 59.3 Å². The maximum atomic E-state index is 10.9. The van der Waals surface area contributed by atoms with Gasteiger partial charge in [0.2, 0.25) is 12.0 Å². The molecule has 222 valence electrons. The van der Waals surface area contributed by atoms with Crippen LogP contribution in [0.5, 0.6) is 23.0 Å². The lowest BCUT2D eigenvalue weighted by Crippen LogP contribution is -2.64. The molecule has 2 aromatic carbocycles. The third kappa shape index (κ3) is 5.61. The van der Waals surface area contributed by atoms with Gasteiger partial charge >= 0.3 is 11.3 Å². The summed E-state index contributed by atoms with van der Waals surface area (Å²) in [5, 5.41) is 92.2. The molecule has 0 amide bonds. The minimum Gasteiger partial charge on any atom is -0.508 e. The highest BCUT2D eigenvalue weighted by molar-refractivity contribution is 5.88. The third-order valence-electron chi connectivity index (χ3n) is 7.11. The van der Waals surface area contributed by atoms with E-state index < -0.39 is 68.0 Å². The van der Waals surface area contributed by atoms with Crippen LogP contribution < -0.4 is 4.74 Å². The number of aliphatic hydroxyl groups is 6. The van der Waals surface area contributed by atoms with Gasteiger partial charge in [-0.05, 0) is 31.2 Å². The van der Waals surface area contributed by atoms with E-state index in [4.69, 9.17) is 23.4 Å². The molecule has 0 bridgehead atoms. The van der Waals surface area contributed by atoms with E-state index in [0.717, 1.165) is 6.07 Å². The molecule has 14 heteroatoms. The van der Waals surface area contributed by atoms with Crippen LogP contribution in [0.2, 0.25) is 0 Å². The molecule has 2 aliphatic rings. The van der Waals surface area contributed by atoms with Crippen LogP contribution in [0.15, 0.2) is 46.9 Å². The second kappa shape index (κ2) is 11.5. The molecule has 2 fully saturated rings. The summed E-state index contributed by atoms with van der Waals surface area (Å²) in [6.45, 7) is 0.710. The van der Waals surface area contributed by atoms with Gasteiger partial charge in [-0.3, -0.25) is 0 Å². The molecule has 3 aromatic rings. The number of hydrogen-bond acceptors (Lipinski definition) is 13. The van der Waals surface area contributed by atoms with E-state index in [0.29, 0.717) is 5.56 Å². The number of aliphatic hydroxyl groups excluding tert-OH is 6. The van der Waals surface area contributed by atoms with E-state index in [1.54, 1.807) is 0 Å². The summed E-state index contributed by atoms with van der Waals surface area (Å²) < 4.78 is 29.0. The zero-order chi connectivity index (χ0) is 29.6. The molecule has 0 radical (unpaired) electrons. The van der Waals surface area contributed by atoms with Gasteiger partial charge in [-0.1, -0.05) is 0 Å². The predicted molar refractivity (Wildman–Crippen MR) is 137 cm³/mol. The van der Waals surface area contributed by atoms with Crippen molar-refractivity contribution in [1.29, 1.82) is 0 Å². The Morgan fingerprint density at radius 3 is 2.17 bits per heavy atom. The van der Waals surface area contributed by atoms with Gasteiger partial charge in [-0.2, -0.15) is 0 Å². The smallest absolute Gasteiger partial charge is 0.402 e. The Labute approximate surface area is 232 Å². The summed E-state index contributed by atoms with van der Waals surface area (Å²) in [6.07, 6.45) is -15.4. The zero-order valence-corrected chi connectivity index (χ0v) is 21.6. The van der Waals surface area contributed by atoms with Crippen LogP contribution in [0.1, 0.15) is 6.92 Å². The molecule has 2 aliphatic heterocycles. The van der Waals surface area contributed by atoms with E-state index in [-0.39, 0.29) is 39.7 Å². The van der Waals surface area contributed by atoms with Gasteiger partial charge < -0.3 is 64.9 Å². The molecule has 41 heavy (non-hydrogen) atoms. The highest BCUT2D eigenvalue weighted by Gasteiger charge is 2.51. The van der Waals surface area contributed by atoms with E-state index in [1.807, 2.05) is 0 Å². The van der Waals surface area contributed by atoms with Crippen LogP contribution in [-0.4, -0.2) is 114 Å². The highest BCUT2D eigenvalue weighted by atomic mass is 16.8. The molecule has 0 saturated carbocycles. The number of hydrogen-bond donors (Lipinski definition) is 9. The Morgan fingerprint density at radius 1 is 0.780 bits per heavy atom. The monoisotopic (exact) mass is 579 g/mol. The molecule has 9 N–H and O–H groups in total. The number of phenolic OH excluding ortho intramolecular Hbond substituents is 3. The van der Waals surface area contributed by atoms with Crippen molar-refractivity contribution >= 4 is 11.0 Å². The first-order chi connectivity index (χ1) is 19.5. The Bertz CT molecular complexity index is 1370. The van der Waals surface area contributed by atoms with Gasteiger partial charge in [0.25, 0.3) is 0 Å². The second-order valence-corrected chi connectivity index (χ2v) is 9.97. The summed E-state index contributed by atoms with van der Waals surface area (Å²) in [6, 6.07) is 9.46. The van der Waals surface area contributed by atoms with Crippen LogP contribution in [0.3, 0.4) is 0 Å². The lowest BCUT2D eigenvalue weighted by Gasteiger charge is -2.45. The quantitative estimate of drug-likeness (QED) is 0.168. The highest BCUT2D eigenvalue weighted by Crippen LogP contribution is 2.41. The van der Waals surface area contributed by atoms with Crippen LogP contribution in [0, 0.1) is 0 Å². The molecule has 5 rings (SSSR count). The summed E-state index contributed by atoms with van der Waals surface area (Å²) in [5.41, 5.74) is 0.450. The van der Waals surface area contributed by atoms with Crippen LogP contribution in [0.25, 0.3) is 22.3 Å². The molecule has 1 aromatic heterocycles. The summed E-state index contributed by atoms with van der Waals surface area (Å²) in [4.78, 5) is 0. The van der Waals surface area contributed by atoms with Gasteiger partial charge in [0.15, 0.2) is 12.4 Å². The van der Waals surface area contributed by atoms with Crippen molar-refractivity contribution in [3.8, 4) is 34.3 Å². The SMILES string of the molecule is CC1OC(OC2C(Oc3cc4c(O)cc(O)cc4[o+]c3-c3ccc(O)cc3)OC(CO)C(O)C2O)C(O)C(O)C1O. The summed E-state index contributed by atoms with van der Waals surface area (Å²) in [7, 11) is 0. The molecular weight excluding hydrogens is 548 g/mol. The van der Waals surface area contributed by atoms with Crippen molar-refractivity contribution in [2.45, 2.75) is 68.3 Å². The molecule has 3 heterocycles. The first-order valence-electron chi connectivity index (χ1n) is 12.7. The Morgan fingerprint density at radius 2 is 1.49 bits per heavy atom. The fourth-order valence-corrected chi connectivity index (χ4v) is 4.79. The number of phenols is 3. The van der Waals surface area contributed by atoms with E-state index >= 15 is 0 Å². The maximum absolute atomic E-state index is 10.9. The van der Waals surface area contributed by atoms with E-state index in [1.165, 1.54) is 43.3 Å². The van der Waals surface area contributed by atoms with Gasteiger partial charge in [0, 0.05) is 12.1 Å². The lowest BCUT2D eigenvalue weighted by atomic mass is 9.97. The van der Waals surface area contributed by atoms with Crippen LogP contribution in [-0.2, 0) is 14.2 Å². The van der Waals surface area contributed by atoms with Crippen molar-refractivity contribution in [3.63, 3.8) is 0 Å². The Hall–Kier alpha value is -3.31. The first kappa shape index (κ1) is 29.2. The van der Waals surface area contributed by atoms with Crippen molar-refractivity contribution in [1.82, 2.24) is 0 Å². The molecule has 0 aliphatic carbocycles. The normalized spacial score (nSPS) is 34.0. The minimum atomic E-state index is -1.76. The number of benzene rings is 2. The number of fused-ring (bicyclic) bond motifs is 1. The fraction of sp³-hybridized carbons (Fsp3) is 0.444. The minimum absolute atomic E-state index is 0.0344. The number of rotatable bonds is 6. The molecule has 10 atom stereocenters. The predicted octanol–water partition coefficient (Wildman–Crippen LogP) is -0.472. The van der Waals surface area contributed by atoms with Crippen molar-refractivity contribution in [2.24, 2.45) is 0 Å². The third-order valence-corrected chi connectivity index (χ3v) is 7.11. The molecule has 2 saturated heterocycles. The average Bonchev–Trinajstić information content (AvgIpc) is 2.94. The first-order valence-corrected chi connectivity index (χ1v) is 12.7. The van der Waals surface area contributed by atoms with Gasteiger partial charge in [-0.15, -0.1) is 0 Å². The Kier molecular flexibility index (Phi) is 8.20. The number of aromatic hydroxyl groups is 3. The Balaban J connectivity index is 1.55. The lowest BCUT2D eigenvalue weighted by molar-refractivity contribution is -0.354. The fourth-order valence-electron chi connectivity index (χ4n) is 4.79. The standard InChI is InChI=1S/C27H30O14/c1-10-19(32)21(34)23(36)26(37-10)41-25-22(35)20(33)18(9-28)40-27(25)39-17-8-14-15(31)6-13(30)7-16(14)38-24(17)11-2-4-12(29)5-3-11/h2-8,10,18-23,25-28,32-36H,9H2,1H3,(H2-,29,30,31)/p+1. The summed E-state index contributed by atoms with van der Waals surface area (Å²) in [5.74, 6) is -0.716. The van der Waals surface area contributed by atoms with E-state index in [2.05, 4.69) is 0 Å². The maximum Gasteiger partial charge on any atom is 0.402 e. The second-order valence-electron chi connectivity index (χ2n) is 9.97. The summed E-state index contributed by atoms with van der Waals surface area (Å²) >= 11 is 0. The molecule has 14 nitrogen and oxygen atoms in total. The largest absolute Gasteiger partial charge is 0.508 e. The number of ether oxygens (including phenoxy) is 4. The van der Waals surface area contributed by atoms with Gasteiger partial charge in [-0.25, -0.2) is 4.42 Å². The van der Waals surface area contributed by atoms with E-state index in [9.17, 15) is 46.0 Å². The van der Waals surface area contributed by atoms with Crippen molar-refractivity contribution in [2.75, 3.05) is 6.61 Å². The molecule has 0 spiro atoms. The average molecular weight is 580 g/mol. The molecule has 10 unspecified atom stereocenters. The van der Waals surface area contributed by atoms with Gasteiger partial charge in [0.05, 0.1) is 24.3 Å².